The molecule has 0 aromatic carbocycles. The van der Waals surface area contributed by atoms with Crippen LogP contribution in [0.15, 0.2) is 0 Å². The number of carboxylic acid groups (broad SMARTS) is 1. The second-order valence-electron chi connectivity index (χ2n) is 5.49. The molecule has 4 atom stereocenters. The van der Waals surface area contributed by atoms with Gasteiger partial charge >= 0.3 is 5.97 Å². The van der Waals surface area contributed by atoms with E-state index >= 15 is 0 Å². The second kappa shape index (κ2) is 8.21. The van der Waals surface area contributed by atoms with E-state index in [0.29, 0.717) is 31.7 Å². The highest BCUT2D eigenvalue weighted by atomic mass is 16.5. The first-order valence-electron chi connectivity index (χ1n) is 7.17. The van der Waals surface area contributed by atoms with Crippen LogP contribution < -0.4 is 5.32 Å². The van der Waals surface area contributed by atoms with Crippen LogP contribution >= 0.6 is 0 Å². The van der Waals surface area contributed by atoms with Gasteiger partial charge in [0.1, 0.15) is 0 Å². The molecule has 116 valence electrons. The molecular formula is C14H25NO5. The van der Waals surface area contributed by atoms with Crippen molar-refractivity contribution in [2.75, 3.05) is 20.3 Å². The van der Waals surface area contributed by atoms with Gasteiger partial charge in [-0.3, -0.25) is 9.59 Å². The van der Waals surface area contributed by atoms with Gasteiger partial charge < -0.3 is 20.3 Å². The zero-order chi connectivity index (χ0) is 15.1. The first kappa shape index (κ1) is 16.9. The average Bonchev–Trinajstić information content (AvgIpc) is 2.83. The van der Waals surface area contributed by atoms with Gasteiger partial charge in [0, 0.05) is 13.7 Å². The lowest BCUT2D eigenvalue weighted by atomic mass is 9.95. The zero-order valence-corrected chi connectivity index (χ0v) is 12.2. The Morgan fingerprint density at radius 1 is 1.35 bits per heavy atom. The molecule has 1 saturated carbocycles. The van der Waals surface area contributed by atoms with Gasteiger partial charge in [-0.15, -0.1) is 0 Å². The van der Waals surface area contributed by atoms with Gasteiger partial charge in [-0.2, -0.15) is 0 Å². The normalized spacial score (nSPS) is 27.2. The van der Waals surface area contributed by atoms with Crippen LogP contribution in [0, 0.1) is 17.8 Å². The largest absolute Gasteiger partial charge is 0.481 e. The van der Waals surface area contributed by atoms with Gasteiger partial charge in [-0.25, -0.2) is 0 Å². The van der Waals surface area contributed by atoms with Crippen molar-refractivity contribution in [1.82, 2.24) is 5.32 Å². The van der Waals surface area contributed by atoms with E-state index in [1.165, 1.54) is 7.11 Å². The number of hydrogen-bond acceptors (Lipinski definition) is 4. The van der Waals surface area contributed by atoms with Crippen molar-refractivity contribution < 1.29 is 24.5 Å². The van der Waals surface area contributed by atoms with Crippen molar-refractivity contribution in [3.63, 3.8) is 0 Å². The SMILES string of the molecule is CCC1C[C@H](C(=O)NCCC(O)COC)[C@H](C(=O)O)C1. The Kier molecular flexibility index (Phi) is 6.95. The summed E-state index contributed by atoms with van der Waals surface area (Å²) in [5.41, 5.74) is 0. The van der Waals surface area contributed by atoms with E-state index in [4.69, 9.17) is 4.74 Å². The van der Waals surface area contributed by atoms with Crippen molar-refractivity contribution in [1.29, 1.82) is 0 Å². The maximum absolute atomic E-state index is 12.1. The molecule has 0 aromatic rings. The molecule has 0 bridgehead atoms. The van der Waals surface area contributed by atoms with E-state index in [-0.39, 0.29) is 12.5 Å². The quantitative estimate of drug-likeness (QED) is 0.609. The summed E-state index contributed by atoms with van der Waals surface area (Å²) in [6.07, 6.45) is 1.92. The number of methoxy groups -OCH3 is 1. The fourth-order valence-corrected chi connectivity index (χ4v) is 2.81. The number of aliphatic carboxylic acids is 1. The molecule has 1 fully saturated rings. The number of rotatable bonds is 8. The van der Waals surface area contributed by atoms with Gasteiger partial charge in [0.05, 0.1) is 24.5 Å². The summed E-state index contributed by atoms with van der Waals surface area (Å²) in [6, 6.07) is 0. The highest BCUT2D eigenvalue weighted by Crippen LogP contribution is 2.38. The van der Waals surface area contributed by atoms with Crippen LogP contribution in [-0.2, 0) is 14.3 Å². The summed E-state index contributed by atoms with van der Waals surface area (Å²) in [5, 5.41) is 21.4. The predicted molar refractivity (Wildman–Crippen MR) is 73.1 cm³/mol. The Bertz CT molecular complexity index is 334. The predicted octanol–water partition coefficient (Wildman–Crippen LogP) is 0.637. The molecule has 0 spiro atoms. The smallest absolute Gasteiger partial charge is 0.307 e. The highest BCUT2D eigenvalue weighted by molar-refractivity contribution is 5.85. The van der Waals surface area contributed by atoms with Gasteiger partial charge in [-0.05, 0) is 25.2 Å². The molecule has 6 heteroatoms. The average molecular weight is 287 g/mol. The molecule has 20 heavy (non-hydrogen) atoms. The number of hydrogen-bond donors (Lipinski definition) is 3. The van der Waals surface area contributed by atoms with Gasteiger partial charge in [0.25, 0.3) is 0 Å². The van der Waals surface area contributed by atoms with E-state index in [9.17, 15) is 19.8 Å². The lowest BCUT2D eigenvalue weighted by molar-refractivity contribution is -0.146. The van der Waals surface area contributed by atoms with E-state index < -0.39 is 23.9 Å². The number of amides is 1. The second-order valence-corrected chi connectivity index (χ2v) is 5.49. The zero-order valence-electron chi connectivity index (χ0n) is 12.2. The standard InChI is InChI=1S/C14H25NO5/c1-3-9-6-11(12(7-9)14(18)19)13(17)15-5-4-10(16)8-20-2/h9-12,16H,3-8H2,1-2H3,(H,15,17)(H,18,19)/t9?,10?,11-,12+/m0/s1. The maximum Gasteiger partial charge on any atom is 0.307 e. The third-order valence-corrected chi connectivity index (χ3v) is 4.03. The molecule has 0 radical (unpaired) electrons. The van der Waals surface area contributed by atoms with Gasteiger partial charge in [0.2, 0.25) is 5.91 Å². The fraction of sp³-hybridized carbons (Fsp3) is 0.857. The third-order valence-electron chi connectivity index (χ3n) is 4.03. The first-order chi connectivity index (χ1) is 9.49. The minimum atomic E-state index is -0.888. The van der Waals surface area contributed by atoms with Crippen LogP contribution in [0.5, 0.6) is 0 Å². The topological polar surface area (TPSA) is 95.9 Å². The molecule has 1 amide bonds. The van der Waals surface area contributed by atoms with E-state index in [1.54, 1.807) is 0 Å². The third kappa shape index (κ3) is 4.76. The Morgan fingerprint density at radius 3 is 2.55 bits per heavy atom. The number of carbonyl (C=O) groups is 2. The molecule has 1 rings (SSSR count). The number of nitrogens with one attached hydrogen (secondary N) is 1. The molecule has 2 unspecified atom stereocenters. The highest BCUT2D eigenvalue weighted by Gasteiger charge is 2.41. The van der Waals surface area contributed by atoms with Crippen LogP contribution in [0.4, 0.5) is 0 Å². The Balaban J connectivity index is 2.43. The summed E-state index contributed by atoms with van der Waals surface area (Å²) in [7, 11) is 1.50. The number of carboxylic acids is 1. The van der Waals surface area contributed by atoms with Crippen molar-refractivity contribution in [2.24, 2.45) is 17.8 Å². The summed E-state index contributed by atoms with van der Waals surface area (Å²) < 4.78 is 4.80. The molecule has 0 aromatic heterocycles. The Labute approximate surface area is 119 Å². The van der Waals surface area contributed by atoms with Crippen LogP contribution in [0.1, 0.15) is 32.6 Å². The van der Waals surface area contributed by atoms with Crippen LogP contribution in [0.3, 0.4) is 0 Å². The molecular weight excluding hydrogens is 262 g/mol. The molecule has 3 N–H and O–H groups in total. The van der Waals surface area contributed by atoms with Crippen molar-refractivity contribution in [3.05, 3.63) is 0 Å². The van der Waals surface area contributed by atoms with Crippen molar-refractivity contribution in [3.8, 4) is 0 Å². The summed E-state index contributed by atoms with van der Waals surface area (Å²) >= 11 is 0. The van der Waals surface area contributed by atoms with Crippen molar-refractivity contribution >= 4 is 11.9 Å². The molecule has 6 nitrogen and oxygen atoms in total. The Hall–Kier alpha value is -1.14. The molecule has 1 aliphatic rings. The number of aliphatic hydroxyl groups is 1. The number of aliphatic hydroxyl groups excluding tert-OH is 1. The van der Waals surface area contributed by atoms with Crippen molar-refractivity contribution in [2.45, 2.75) is 38.7 Å². The van der Waals surface area contributed by atoms with Gasteiger partial charge in [-0.1, -0.05) is 13.3 Å². The summed E-state index contributed by atoms with van der Waals surface area (Å²) in [4.78, 5) is 23.3. The lowest BCUT2D eigenvalue weighted by Gasteiger charge is -2.16. The van der Waals surface area contributed by atoms with Crippen LogP contribution in [0.25, 0.3) is 0 Å². The Morgan fingerprint density at radius 2 is 2.00 bits per heavy atom. The molecule has 0 heterocycles. The molecule has 0 saturated heterocycles. The van der Waals surface area contributed by atoms with Crippen LogP contribution in [-0.4, -0.2) is 48.5 Å². The van der Waals surface area contributed by atoms with E-state index in [0.717, 1.165) is 6.42 Å². The fourth-order valence-electron chi connectivity index (χ4n) is 2.81. The number of ether oxygens (including phenoxy) is 1. The van der Waals surface area contributed by atoms with E-state index in [2.05, 4.69) is 5.32 Å². The van der Waals surface area contributed by atoms with Gasteiger partial charge in [0.15, 0.2) is 0 Å². The minimum absolute atomic E-state index is 0.210. The molecule has 1 aliphatic carbocycles. The lowest BCUT2D eigenvalue weighted by Crippen LogP contribution is -2.37. The number of carbonyl (C=O) groups excluding carboxylic acids is 1. The minimum Gasteiger partial charge on any atom is -0.481 e. The first-order valence-corrected chi connectivity index (χ1v) is 7.17. The molecule has 0 aliphatic heterocycles. The van der Waals surface area contributed by atoms with Crippen LogP contribution in [0.2, 0.25) is 0 Å². The van der Waals surface area contributed by atoms with E-state index in [1.807, 2.05) is 6.92 Å². The maximum atomic E-state index is 12.1. The monoisotopic (exact) mass is 287 g/mol. The summed E-state index contributed by atoms with van der Waals surface area (Å²) in [5.74, 6) is -1.81. The summed E-state index contributed by atoms with van der Waals surface area (Å²) in [6.45, 7) is 2.59.